The van der Waals surface area contributed by atoms with Crippen molar-refractivity contribution in [2.24, 2.45) is 22.1 Å². The van der Waals surface area contributed by atoms with Crippen LogP contribution in [0.15, 0.2) is 4.99 Å². The Bertz CT molecular complexity index is 318. The first-order valence-electron chi connectivity index (χ1n) is 7.78. The van der Waals surface area contributed by atoms with E-state index in [4.69, 9.17) is 10.5 Å². The molecule has 118 valence electrons. The maximum Gasteiger partial charge on any atom is 0.191 e. The third-order valence-electron chi connectivity index (χ3n) is 4.50. The van der Waals surface area contributed by atoms with Gasteiger partial charge in [0, 0.05) is 32.8 Å². The van der Waals surface area contributed by atoms with Gasteiger partial charge in [0.05, 0.1) is 0 Å². The van der Waals surface area contributed by atoms with E-state index in [1.165, 1.54) is 25.7 Å². The molecule has 0 radical (unpaired) electrons. The number of nitrogens with zero attached hydrogens (tertiary/aromatic N) is 2. The van der Waals surface area contributed by atoms with Gasteiger partial charge in [-0.2, -0.15) is 0 Å². The van der Waals surface area contributed by atoms with Gasteiger partial charge in [0.1, 0.15) is 0 Å². The van der Waals surface area contributed by atoms with Crippen LogP contribution in [0.1, 0.15) is 46.0 Å². The highest BCUT2D eigenvalue weighted by atomic mass is 127. The molecule has 1 aliphatic carbocycles. The molecule has 1 heterocycles. The van der Waals surface area contributed by atoms with Crippen molar-refractivity contribution in [3.05, 3.63) is 0 Å². The van der Waals surface area contributed by atoms with Crippen LogP contribution in [0.25, 0.3) is 0 Å². The summed E-state index contributed by atoms with van der Waals surface area (Å²) in [4.78, 5) is 6.92. The minimum Gasteiger partial charge on any atom is -0.382 e. The van der Waals surface area contributed by atoms with Gasteiger partial charge in [-0.3, -0.25) is 4.99 Å². The SMILES string of the molecule is CCOCCC1(CN=C(N)N2CCCC(C)C2)CC1.I. The fraction of sp³-hybridized carbons (Fsp3) is 0.933. The lowest BCUT2D eigenvalue weighted by Gasteiger charge is -2.31. The monoisotopic (exact) mass is 395 g/mol. The molecule has 0 aromatic carbocycles. The summed E-state index contributed by atoms with van der Waals surface area (Å²) in [5, 5.41) is 0. The van der Waals surface area contributed by atoms with Crippen LogP contribution < -0.4 is 5.73 Å². The summed E-state index contributed by atoms with van der Waals surface area (Å²) in [5.41, 5.74) is 6.55. The zero-order valence-corrected chi connectivity index (χ0v) is 15.3. The number of likely N-dealkylation sites (tertiary alicyclic amines) is 1. The molecule has 1 aliphatic heterocycles. The predicted octanol–water partition coefficient (Wildman–Crippen LogP) is 2.86. The quantitative estimate of drug-likeness (QED) is 0.326. The van der Waals surface area contributed by atoms with Crippen LogP contribution in [0.5, 0.6) is 0 Å². The average molecular weight is 395 g/mol. The highest BCUT2D eigenvalue weighted by Crippen LogP contribution is 2.49. The zero-order valence-electron chi connectivity index (χ0n) is 12.9. The van der Waals surface area contributed by atoms with Crippen molar-refractivity contribution in [1.82, 2.24) is 4.90 Å². The number of nitrogens with two attached hydrogens (primary N) is 1. The summed E-state index contributed by atoms with van der Waals surface area (Å²) in [6.45, 7) is 9.06. The molecule has 2 N–H and O–H groups in total. The van der Waals surface area contributed by atoms with Crippen molar-refractivity contribution >= 4 is 29.9 Å². The topological polar surface area (TPSA) is 50.9 Å². The van der Waals surface area contributed by atoms with Gasteiger partial charge < -0.3 is 15.4 Å². The summed E-state index contributed by atoms with van der Waals surface area (Å²) >= 11 is 0. The molecular weight excluding hydrogens is 365 g/mol. The number of ether oxygens (including phenoxy) is 1. The van der Waals surface area contributed by atoms with E-state index in [-0.39, 0.29) is 24.0 Å². The van der Waals surface area contributed by atoms with Crippen LogP contribution in [-0.4, -0.2) is 43.7 Å². The summed E-state index contributed by atoms with van der Waals surface area (Å²) in [5.74, 6) is 1.50. The zero-order chi connectivity index (χ0) is 13.7. The smallest absolute Gasteiger partial charge is 0.191 e. The fourth-order valence-corrected chi connectivity index (χ4v) is 2.84. The Morgan fingerprint density at radius 2 is 2.20 bits per heavy atom. The molecule has 2 rings (SSSR count). The van der Waals surface area contributed by atoms with Gasteiger partial charge in [-0.15, -0.1) is 24.0 Å². The Morgan fingerprint density at radius 3 is 2.80 bits per heavy atom. The first-order chi connectivity index (χ1) is 9.15. The highest BCUT2D eigenvalue weighted by Gasteiger charge is 2.42. The number of halogens is 1. The van der Waals surface area contributed by atoms with Gasteiger partial charge in [-0.05, 0) is 50.4 Å². The fourth-order valence-electron chi connectivity index (χ4n) is 2.84. The first-order valence-corrected chi connectivity index (χ1v) is 7.78. The van der Waals surface area contributed by atoms with Crippen LogP contribution >= 0.6 is 24.0 Å². The molecule has 1 saturated carbocycles. The van der Waals surface area contributed by atoms with E-state index in [0.717, 1.165) is 51.1 Å². The molecule has 1 unspecified atom stereocenters. The van der Waals surface area contributed by atoms with Crippen LogP contribution in [0.4, 0.5) is 0 Å². The summed E-state index contributed by atoms with van der Waals surface area (Å²) < 4.78 is 5.46. The summed E-state index contributed by atoms with van der Waals surface area (Å²) in [6, 6.07) is 0. The molecule has 1 saturated heterocycles. The van der Waals surface area contributed by atoms with E-state index in [0.29, 0.717) is 5.41 Å². The second-order valence-electron chi connectivity index (χ2n) is 6.31. The third-order valence-corrected chi connectivity index (χ3v) is 4.50. The van der Waals surface area contributed by atoms with Gasteiger partial charge in [0.15, 0.2) is 5.96 Å². The molecule has 0 spiro atoms. The van der Waals surface area contributed by atoms with Gasteiger partial charge >= 0.3 is 0 Å². The average Bonchev–Trinajstić information content (AvgIpc) is 3.17. The van der Waals surface area contributed by atoms with Crippen LogP contribution in [0.3, 0.4) is 0 Å². The van der Waals surface area contributed by atoms with Crippen molar-refractivity contribution in [3.8, 4) is 0 Å². The molecule has 20 heavy (non-hydrogen) atoms. The van der Waals surface area contributed by atoms with Crippen LogP contribution in [0.2, 0.25) is 0 Å². The van der Waals surface area contributed by atoms with Crippen molar-refractivity contribution in [3.63, 3.8) is 0 Å². The first kappa shape index (κ1) is 18.0. The normalized spacial score (nSPS) is 25.2. The standard InChI is InChI=1S/C15H29N3O.HI/c1-3-19-10-8-15(6-7-15)12-17-14(16)18-9-4-5-13(2)11-18;/h13H,3-12H2,1-2H3,(H2,16,17);1H. The van der Waals surface area contributed by atoms with Gasteiger partial charge in [-0.1, -0.05) is 6.92 Å². The van der Waals surface area contributed by atoms with Gasteiger partial charge in [0.25, 0.3) is 0 Å². The lowest BCUT2D eigenvalue weighted by Crippen LogP contribution is -2.43. The number of guanidine groups is 1. The molecule has 5 heteroatoms. The lowest BCUT2D eigenvalue weighted by molar-refractivity contribution is 0.129. The molecule has 2 fully saturated rings. The van der Waals surface area contributed by atoms with E-state index in [1.807, 2.05) is 6.92 Å². The maximum absolute atomic E-state index is 6.15. The van der Waals surface area contributed by atoms with Crippen molar-refractivity contribution < 1.29 is 4.74 Å². The van der Waals surface area contributed by atoms with Crippen molar-refractivity contribution in [2.75, 3.05) is 32.8 Å². The predicted molar refractivity (Wildman–Crippen MR) is 94.7 cm³/mol. The Kier molecular flexibility index (Phi) is 7.58. The second kappa shape index (κ2) is 8.41. The molecule has 0 aromatic heterocycles. The Hall–Kier alpha value is -0.0400. The van der Waals surface area contributed by atoms with E-state index in [2.05, 4.69) is 16.8 Å². The number of hydrogen-bond donors (Lipinski definition) is 1. The molecule has 0 aromatic rings. The van der Waals surface area contributed by atoms with Gasteiger partial charge in [0.2, 0.25) is 0 Å². The summed E-state index contributed by atoms with van der Waals surface area (Å²) in [7, 11) is 0. The third kappa shape index (κ3) is 5.39. The van der Waals surface area contributed by atoms with Gasteiger partial charge in [-0.25, -0.2) is 0 Å². The molecular formula is C15H30IN3O. The minimum absolute atomic E-state index is 0. The van der Waals surface area contributed by atoms with E-state index >= 15 is 0 Å². The second-order valence-corrected chi connectivity index (χ2v) is 6.31. The largest absolute Gasteiger partial charge is 0.382 e. The van der Waals surface area contributed by atoms with Crippen LogP contribution in [-0.2, 0) is 4.74 Å². The molecule has 0 bridgehead atoms. The number of aliphatic imine (C=N–C) groups is 1. The molecule has 2 aliphatic rings. The Balaban J connectivity index is 0.00000200. The Morgan fingerprint density at radius 1 is 1.45 bits per heavy atom. The highest BCUT2D eigenvalue weighted by molar-refractivity contribution is 14.0. The maximum atomic E-state index is 6.15. The summed E-state index contributed by atoms with van der Waals surface area (Å²) in [6.07, 6.45) is 6.27. The molecule has 1 atom stereocenters. The van der Waals surface area contributed by atoms with Crippen LogP contribution in [0, 0.1) is 11.3 Å². The molecule has 4 nitrogen and oxygen atoms in total. The van der Waals surface area contributed by atoms with Crippen molar-refractivity contribution in [2.45, 2.75) is 46.0 Å². The number of rotatable bonds is 6. The van der Waals surface area contributed by atoms with E-state index < -0.39 is 0 Å². The van der Waals surface area contributed by atoms with Crippen molar-refractivity contribution in [1.29, 1.82) is 0 Å². The molecule has 0 amide bonds. The van der Waals surface area contributed by atoms with E-state index in [1.54, 1.807) is 0 Å². The number of hydrogen-bond acceptors (Lipinski definition) is 2. The van der Waals surface area contributed by atoms with E-state index in [9.17, 15) is 0 Å². The Labute approximate surface area is 140 Å². The lowest BCUT2D eigenvalue weighted by atomic mass is 10.0. The minimum atomic E-state index is 0. The number of piperidine rings is 1.